The van der Waals surface area contributed by atoms with Crippen LogP contribution < -0.4 is 10.6 Å². The Morgan fingerprint density at radius 2 is 1.38 bits per heavy atom. The Kier molecular flexibility index (Phi) is 9.20. The minimum absolute atomic E-state index is 0.113. The maximum Gasteiger partial charge on any atom is 0.410 e. The van der Waals surface area contributed by atoms with E-state index in [9.17, 15) is 19.2 Å². The van der Waals surface area contributed by atoms with Gasteiger partial charge in [0.05, 0.1) is 12.6 Å². The molecule has 10 nitrogen and oxygen atoms in total. The molecule has 4 amide bonds. The van der Waals surface area contributed by atoms with Crippen molar-refractivity contribution in [2.45, 2.75) is 69.7 Å². The average molecular weight is 639 g/mol. The van der Waals surface area contributed by atoms with Gasteiger partial charge in [-0.2, -0.15) is 0 Å². The normalized spacial score (nSPS) is 19.0. The summed E-state index contributed by atoms with van der Waals surface area (Å²) in [5, 5.41) is 5.50. The molecule has 3 atom stereocenters. The molecule has 3 aromatic carbocycles. The summed E-state index contributed by atoms with van der Waals surface area (Å²) in [6, 6.07) is 24.3. The van der Waals surface area contributed by atoms with E-state index in [0.29, 0.717) is 13.1 Å². The standard InChI is InChI=1S/C37H42N4O6/c1-37(2,3)47-36(45)41-22-25-17-18-26(41)21-40(25)33(42)20-38-34(43)32(19-24-11-5-4-6-12-24)39-35(44)46-23-31-29-15-9-7-13-27(29)28-14-8-10-16-30(28)31/h4-16,25-26,31-32H,17-23H2,1-3H3,(H,38,43)(H,39,44)/t25?,26-,32+/m1/s1. The predicted octanol–water partition coefficient (Wildman–Crippen LogP) is 4.86. The van der Waals surface area contributed by atoms with Gasteiger partial charge in [-0.1, -0.05) is 78.9 Å². The Hall–Kier alpha value is -4.86. The summed E-state index contributed by atoms with van der Waals surface area (Å²) < 4.78 is 11.3. The molecule has 7 rings (SSSR count). The number of carbonyl (C=O) groups excluding carboxylic acids is 4. The molecule has 2 N–H and O–H groups in total. The molecular formula is C37H42N4O6. The van der Waals surface area contributed by atoms with Crippen molar-refractivity contribution in [2.24, 2.45) is 0 Å². The van der Waals surface area contributed by atoms with Crippen LogP contribution in [0.15, 0.2) is 78.9 Å². The third kappa shape index (κ3) is 7.26. The number of carbonyl (C=O) groups is 4. The van der Waals surface area contributed by atoms with Gasteiger partial charge in [0.25, 0.3) is 0 Å². The lowest BCUT2D eigenvalue weighted by molar-refractivity contribution is -0.142. The first-order chi connectivity index (χ1) is 22.6. The van der Waals surface area contributed by atoms with Crippen LogP contribution in [-0.2, 0) is 25.5 Å². The van der Waals surface area contributed by atoms with Crippen molar-refractivity contribution >= 4 is 24.0 Å². The van der Waals surface area contributed by atoms with E-state index < -0.39 is 23.6 Å². The SMILES string of the molecule is CC(C)(C)OC(=O)N1CC2CC[C@@H]1CN2C(=O)CNC(=O)[C@H](Cc1ccccc1)NC(=O)OCC1c2ccccc2-c2ccccc21. The van der Waals surface area contributed by atoms with Gasteiger partial charge in [0.1, 0.15) is 18.2 Å². The lowest BCUT2D eigenvalue weighted by atomic mass is 9.91. The van der Waals surface area contributed by atoms with Crippen molar-refractivity contribution in [3.05, 3.63) is 95.6 Å². The highest BCUT2D eigenvalue weighted by atomic mass is 16.6. The first kappa shape index (κ1) is 32.1. The number of piperazine rings is 1. The molecule has 3 heterocycles. The van der Waals surface area contributed by atoms with Gasteiger partial charge in [0.15, 0.2) is 0 Å². The molecule has 246 valence electrons. The second-order valence-corrected chi connectivity index (χ2v) is 13.5. The number of nitrogens with zero attached hydrogens (tertiary/aromatic N) is 2. The zero-order valence-corrected chi connectivity index (χ0v) is 27.1. The van der Waals surface area contributed by atoms with Gasteiger partial charge >= 0.3 is 12.2 Å². The van der Waals surface area contributed by atoms with E-state index in [2.05, 4.69) is 22.8 Å². The van der Waals surface area contributed by atoms with Crippen molar-refractivity contribution in [1.29, 1.82) is 0 Å². The number of nitrogens with one attached hydrogen (secondary N) is 2. The summed E-state index contributed by atoms with van der Waals surface area (Å²) in [7, 11) is 0. The van der Waals surface area contributed by atoms with Crippen LogP contribution in [0.5, 0.6) is 0 Å². The molecule has 3 fully saturated rings. The topological polar surface area (TPSA) is 117 Å². The fraction of sp³-hybridized carbons (Fsp3) is 0.405. The summed E-state index contributed by atoms with van der Waals surface area (Å²) in [6.07, 6.45) is 0.734. The van der Waals surface area contributed by atoms with E-state index in [4.69, 9.17) is 9.47 Å². The molecule has 1 unspecified atom stereocenters. The number of benzene rings is 3. The molecule has 0 aromatic heterocycles. The molecule has 4 aliphatic rings. The van der Waals surface area contributed by atoms with Crippen molar-refractivity contribution in [2.75, 3.05) is 26.2 Å². The molecule has 2 bridgehead atoms. The van der Waals surface area contributed by atoms with Crippen molar-refractivity contribution in [3.8, 4) is 11.1 Å². The number of amides is 4. The summed E-state index contributed by atoms with van der Waals surface area (Å²) in [6.45, 7) is 6.20. The number of piperidine rings is 2. The molecule has 0 radical (unpaired) electrons. The monoisotopic (exact) mass is 638 g/mol. The van der Waals surface area contributed by atoms with Crippen LogP contribution in [0.4, 0.5) is 9.59 Å². The number of alkyl carbamates (subject to hydrolysis) is 1. The molecule has 3 aromatic rings. The molecule has 3 aliphatic heterocycles. The molecular weight excluding hydrogens is 596 g/mol. The fourth-order valence-electron chi connectivity index (χ4n) is 6.91. The number of fused-ring (bicyclic) bond motifs is 6. The molecule has 47 heavy (non-hydrogen) atoms. The Bertz CT molecular complexity index is 1590. The number of rotatable bonds is 8. The zero-order chi connectivity index (χ0) is 33.1. The van der Waals surface area contributed by atoms with Crippen LogP contribution in [0.25, 0.3) is 11.1 Å². The minimum atomic E-state index is -0.957. The summed E-state index contributed by atoms with van der Waals surface area (Å²) in [5.74, 6) is -0.817. The van der Waals surface area contributed by atoms with Gasteiger partial charge in [0.2, 0.25) is 11.8 Å². The largest absolute Gasteiger partial charge is 0.449 e. The van der Waals surface area contributed by atoms with Gasteiger partial charge in [-0.15, -0.1) is 0 Å². The number of hydrogen-bond acceptors (Lipinski definition) is 6. The van der Waals surface area contributed by atoms with E-state index in [1.165, 1.54) is 0 Å². The second-order valence-electron chi connectivity index (χ2n) is 13.5. The van der Waals surface area contributed by atoms with E-state index in [0.717, 1.165) is 40.7 Å². The summed E-state index contributed by atoms with van der Waals surface area (Å²) in [5.41, 5.74) is 4.70. The van der Waals surface area contributed by atoms with E-state index >= 15 is 0 Å². The smallest absolute Gasteiger partial charge is 0.410 e. The highest BCUT2D eigenvalue weighted by Gasteiger charge is 2.44. The van der Waals surface area contributed by atoms with Crippen LogP contribution in [0.2, 0.25) is 0 Å². The van der Waals surface area contributed by atoms with Gasteiger partial charge in [-0.3, -0.25) is 9.59 Å². The first-order valence-corrected chi connectivity index (χ1v) is 16.3. The predicted molar refractivity (Wildman–Crippen MR) is 177 cm³/mol. The highest BCUT2D eigenvalue weighted by molar-refractivity contribution is 5.90. The lowest BCUT2D eigenvalue weighted by Crippen LogP contribution is -2.66. The molecule has 1 aliphatic carbocycles. The van der Waals surface area contributed by atoms with Crippen LogP contribution in [0.3, 0.4) is 0 Å². The van der Waals surface area contributed by atoms with E-state index in [1.54, 1.807) is 9.80 Å². The zero-order valence-electron chi connectivity index (χ0n) is 27.1. The number of ether oxygens (including phenoxy) is 2. The first-order valence-electron chi connectivity index (χ1n) is 16.3. The highest BCUT2D eigenvalue weighted by Crippen LogP contribution is 2.44. The van der Waals surface area contributed by atoms with Crippen LogP contribution in [0, 0.1) is 0 Å². The van der Waals surface area contributed by atoms with E-state index in [-0.39, 0.29) is 49.6 Å². The minimum Gasteiger partial charge on any atom is -0.449 e. The van der Waals surface area contributed by atoms with Crippen LogP contribution in [-0.4, -0.2) is 83.8 Å². The van der Waals surface area contributed by atoms with Crippen molar-refractivity contribution < 1.29 is 28.7 Å². The average Bonchev–Trinajstić information content (AvgIpc) is 3.39. The maximum atomic E-state index is 13.5. The molecule has 0 spiro atoms. The summed E-state index contributed by atoms with van der Waals surface area (Å²) in [4.78, 5) is 56.1. The third-order valence-corrected chi connectivity index (χ3v) is 9.13. The van der Waals surface area contributed by atoms with Crippen molar-refractivity contribution in [3.63, 3.8) is 0 Å². The Balaban J connectivity index is 1.06. The molecule has 10 heteroatoms. The second kappa shape index (κ2) is 13.5. The van der Waals surface area contributed by atoms with Gasteiger partial charge < -0.3 is 29.9 Å². The van der Waals surface area contributed by atoms with Crippen molar-refractivity contribution in [1.82, 2.24) is 20.4 Å². The number of hydrogen-bond donors (Lipinski definition) is 2. The lowest BCUT2D eigenvalue weighted by Gasteiger charge is -2.51. The van der Waals surface area contributed by atoms with Crippen LogP contribution in [0.1, 0.15) is 56.2 Å². The summed E-state index contributed by atoms with van der Waals surface area (Å²) >= 11 is 0. The van der Waals surface area contributed by atoms with E-state index in [1.807, 2.05) is 87.5 Å². The van der Waals surface area contributed by atoms with Crippen LogP contribution >= 0.6 is 0 Å². The van der Waals surface area contributed by atoms with Gasteiger partial charge in [-0.25, -0.2) is 9.59 Å². The Labute approximate surface area is 275 Å². The maximum absolute atomic E-state index is 13.5. The quantitative estimate of drug-likeness (QED) is 0.364. The molecule has 3 saturated heterocycles. The van der Waals surface area contributed by atoms with Gasteiger partial charge in [-0.05, 0) is 61.4 Å². The van der Waals surface area contributed by atoms with Gasteiger partial charge in [0, 0.05) is 31.5 Å². The molecule has 0 saturated carbocycles. The fourth-order valence-corrected chi connectivity index (χ4v) is 6.91. The Morgan fingerprint density at radius 1 is 0.809 bits per heavy atom. The third-order valence-electron chi connectivity index (χ3n) is 9.13. The Morgan fingerprint density at radius 3 is 1.98 bits per heavy atom.